The van der Waals surface area contributed by atoms with Gasteiger partial charge in [0.15, 0.2) is 0 Å². The van der Waals surface area contributed by atoms with Gasteiger partial charge >= 0.3 is 0 Å². The van der Waals surface area contributed by atoms with E-state index in [1.54, 1.807) is 0 Å². The lowest BCUT2D eigenvalue weighted by molar-refractivity contribution is -0.120. The zero-order valence-corrected chi connectivity index (χ0v) is 14.6. The van der Waals surface area contributed by atoms with E-state index in [4.69, 9.17) is 5.26 Å². The van der Waals surface area contributed by atoms with Crippen LogP contribution < -0.4 is 0 Å². The Morgan fingerprint density at radius 3 is 2.74 bits per heavy atom. The second-order valence-corrected chi connectivity index (χ2v) is 9.44. The summed E-state index contributed by atoms with van der Waals surface area (Å²) < 4.78 is 0. The monoisotopic (exact) mass is 314 g/mol. The molecule has 0 amide bonds. The second kappa shape index (κ2) is 5.31. The van der Waals surface area contributed by atoms with Gasteiger partial charge in [0.1, 0.15) is 0 Å². The molecule has 3 nitrogen and oxygen atoms in total. The maximum atomic E-state index is 10.1. The van der Waals surface area contributed by atoms with Crippen molar-refractivity contribution in [3.05, 3.63) is 0 Å². The molecule has 0 aliphatic heterocycles. The Kier molecular flexibility index (Phi) is 3.61. The van der Waals surface area contributed by atoms with Gasteiger partial charge in [-0.1, -0.05) is 13.8 Å². The van der Waals surface area contributed by atoms with E-state index in [1.165, 1.54) is 32.1 Å². The largest absolute Gasteiger partial charge is 0.393 e. The second-order valence-electron chi connectivity index (χ2n) is 9.44. The van der Waals surface area contributed by atoms with Crippen LogP contribution >= 0.6 is 0 Å². The number of fused-ring (bicyclic) bond motifs is 5. The van der Waals surface area contributed by atoms with Crippen LogP contribution in [0.5, 0.6) is 0 Å². The average Bonchev–Trinajstić information content (AvgIpc) is 2.84. The minimum Gasteiger partial charge on any atom is -0.393 e. The van der Waals surface area contributed by atoms with Crippen LogP contribution in [-0.2, 0) is 0 Å². The fourth-order valence-electron chi connectivity index (χ4n) is 7.20. The number of aliphatic hydroxyl groups excluding tert-OH is 1. The molecule has 4 fully saturated rings. The molecule has 0 aromatic carbocycles. The molecule has 0 spiro atoms. The van der Waals surface area contributed by atoms with E-state index in [1.807, 2.05) is 6.19 Å². The maximum Gasteiger partial charge on any atom is 0.205 e. The van der Waals surface area contributed by atoms with E-state index < -0.39 is 0 Å². The Morgan fingerprint density at radius 2 is 1.96 bits per heavy atom. The summed E-state index contributed by atoms with van der Waals surface area (Å²) in [7, 11) is 0. The molecule has 0 heterocycles. The Labute approximate surface area is 140 Å². The van der Waals surface area contributed by atoms with Crippen LogP contribution in [-0.4, -0.2) is 16.9 Å². The first-order valence-corrected chi connectivity index (χ1v) is 9.59. The standard InChI is InChI=1S/C20H30N2O/c1-19-7-6-17-16(18(19)10-14(11-19)22-12-21)4-3-13-9-15(23)5-8-20(13,17)2/h13,15-18,23H,3-11H2,1-2H3/t13-,15+,16+,17-,18-,19+,20-/m1/s1. The van der Waals surface area contributed by atoms with Crippen LogP contribution in [0.4, 0.5) is 0 Å². The van der Waals surface area contributed by atoms with Gasteiger partial charge in [-0.05, 0) is 92.3 Å². The van der Waals surface area contributed by atoms with E-state index in [0.717, 1.165) is 55.1 Å². The summed E-state index contributed by atoms with van der Waals surface area (Å²) in [5.41, 5.74) is 1.99. The predicted octanol–water partition coefficient (Wildman–Crippen LogP) is 4.31. The van der Waals surface area contributed by atoms with E-state index in [-0.39, 0.29) is 6.10 Å². The van der Waals surface area contributed by atoms with Crippen molar-refractivity contribution in [1.29, 1.82) is 5.26 Å². The highest BCUT2D eigenvalue weighted by Gasteiger charge is 2.58. The van der Waals surface area contributed by atoms with Crippen LogP contribution in [0.3, 0.4) is 0 Å². The third-order valence-corrected chi connectivity index (χ3v) is 8.43. The average molecular weight is 314 g/mol. The highest BCUT2D eigenvalue weighted by molar-refractivity contribution is 5.88. The highest BCUT2D eigenvalue weighted by atomic mass is 16.3. The fourth-order valence-corrected chi connectivity index (χ4v) is 7.20. The van der Waals surface area contributed by atoms with Gasteiger partial charge in [0.05, 0.1) is 6.10 Å². The molecule has 7 atom stereocenters. The molecule has 23 heavy (non-hydrogen) atoms. The molecule has 4 aliphatic carbocycles. The van der Waals surface area contributed by atoms with Crippen LogP contribution in [0.25, 0.3) is 0 Å². The lowest BCUT2D eigenvalue weighted by Gasteiger charge is -2.60. The Hall–Kier alpha value is -0.880. The zero-order chi connectivity index (χ0) is 16.2. The SMILES string of the molecule is C[C@@]12CC[C@@H]3[C@H](CC[C@@H]4C[C@@H](O)CC[C@]43C)[C@H]1CC(=NC#N)C2. The highest BCUT2D eigenvalue weighted by Crippen LogP contribution is 2.65. The lowest BCUT2D eigenvalue weighted by Crippen LogP contribution is -2.53. The van der Waals surface area contributed by atoms with Gasteiger partial charge in [-0.3, -0.25) is 0 Å². The van der Waals surface area contributed by atoms with Gasteiger partial charge in [-0.15, -0.1) is 0 Å². The third kappa shape index (κ3) is 2.29. The number of nitriles is 1. The first-order chi connectivity index (χ1) is 11.0. The van der Waals surface area contributed by atoms with Crippen LogP contribution in [0.2, 0.25) is 0 Å². The molecule has 4 saturated carbocycles. The van der Waals surface area contributed by atoms with Gasteiger partial charge in [0.25, 0.3) is 0 Å². The van der Waals surface area contributed by atoms with E-state index >= 15 is 0 Å². The molecule has 0 radical (unpaired) electrons. The first kappa shape index (κ1) is 15.6. The summed E-state index contributed by atoms with van der Waals surface area (Å²) >= 11 is 0. The summed E-state index contributed by atoms with van der Waals surface area (Å²) in [4.78, 5) is 4.13. The van der Waals surface area contributed by atoms with Crippen molar-refractivity contribution >= 4 is 5.71 Å². The molecule has 0 bridgehead atoms. The predicted molar refractivity (Wildman–Crippen MR) is 90.8 cm³/mol. The molecule has 0 saturated heterocycles. The molecular weight excluding hydrogens is 284 g/mol. The topological polar surface area (TPSA) is 56.4 Å². The number of aliphatic hydroxyl groups is 1. The van der Waals surface area contributed by atoms with E-state index in [0.29, 0.717) is 10.8 Å². The Morgan fingerprint density at radius 1 is 1.13 bits per heavy atom. The molecule has 126 valence electrons. The number of aliphatic imine (C=N–C) groups is 1. The number of rotatable bonds is 0. The minimum atomic E-state index is -0.0562. The van der Waals surface area contributed by atoms with Gasteiger partial charge in [-0.25, -0.2) is 0 Å². The van der Waals surface area contributed by atoms with Crippen LogP contribution in [0.15, 0.2) is 4.99 Å². The van der Waals surface area contributed by atoms with Gasteiger partial charge in [0, 0.05) is 5.71 Å². The molecule has 3 heteroatoms. The van der Waals surface area contributed by atoms with Crippen molar-refractivity contribution in [1.82, 2.24) is 0 Å². The molecule has 0 unspecified atom stereocenters. The van der Waals surface area contributed by atoms with Crippen LogP contribution in [0.1, 0.15) is 71.6 Å². The quantitative estimate of drug-likeness (QED) is 0.677. The molecule has 4 rings (SSSR count). The molecule has 0 aromatic heterocycles. The molecule has 1 N–H and O–H groups in total. The zero-order valence-electron chi connectivity index (χ0n) is 14.6. The summed E-state index contributed by atoms with van der Waals surface area (Å²) in [5, 5.41) is 19.0. The number of hydrogen-bond donors (Lipinski definition) is 1. The van der Waals surface area contributed by atoms with Crippen molar-refractivity contribution in [2.75, 3.05) is 0 Å². The molecule has 0 aromatic rings. The Balaban J connectivity index is 1.62. The van der Waals surface area contributed by atoms with Crippen molar-refractivity contribution in [2.24, 2.45) is 39.5 Å². The molecule has 4 aliphatic rings. The minimum absolute atomic E-state index is 0.0562. The van der Waals surface area contributed by atoms with Crippen LogP contribution in [0, 0.1) is 46.0 Å². The third-order valence-electron chi connectivity index (χ3n) is 8.43. The van der Waals surface area contributed by atoms with E-state index in [2.05, 4.69) is 18.8 Å². The molecular formula is C20H30N2O. The van der Waals surface area contributed by atoms with Crippen molar-refractivity contribution in [2.45, 2.75) is 77.7 Å². The first-order valence-electron chi connectivity index (χ1n) is 9.59. The van der Waals surface area contributed by atoms with Gasteiger partial charge in [-0.2, -0.15) is 10.3 Å². The summed E-state index contributed by atoms with van der Waals surface area (Å²) in [6.45, 7) is 4.98. The van der Waals surface area contributed by atoms with Crippen molar-refractivity contribution < 1.29 is 5.11 Å². The lowest BCUT2D eigenvalue weighted by atomic mass is 9.45. The number of hydrogen-bond acceptors (Lipinski definition) is 3. The smallest absolute Gasteiger partial charge is 0.205 e. The maximum absolute atomic E-state index is 10.1. The van der Waals surface area contributed by atoms with Gasteiger partial charge < -0.3 is 5.11 Å². The fraction of sp³-hybridized carbons (Fsp3) is 0.900. The van der Waals surface area contributed by atoms with Crippen molar-refractivity contribution in [3.63, 3.8) is 0 Å². The normalized spacial score (nSPS) is 54.0. The summed E-state index contributed by atoms with van der Waals surface area (Å²) in [6.07, 6.45) is 12.6. The summed E-state index contributed by atoms with van der Waals surface area (Å²) in [6, 6.07) is 0. The van der Waals surface area contributed by atoms with Gasteiger partial charge in [0.2, 0.25) is 6.19 Å². The number of nitrogens with zero attached hydrogens (tertiary/aromatic N) is 2. The Bertz CT molecular complexity index is 564. The van der Waals surface area contributed by atoms with Crippen molar-refractivity contribution in [3.8, 4) is 6.19 Å². The van der Waals surface area contributed by atoms with E-state index in [9.17, 15) is 5.11 Å². The summed E-state index contributed by atoms with van der Waals surface area (Å²) in [5.74, 6) is 3.10.